The lowest BCUT2D eigenvalue weighted by Gasteiger charge is -2.03. The lowest BCUT2D eigenvalue weighted by Crippen LogP contribution is -2.19. The highest BCUT2D eigenvalue weighted by Gasteiger charge is 2.28. The quantitative estimate of drug-likeness (QED) is 0.841. The highest BCUT2D eigenvalue weighted by molar-refractivity contribution is 6.03. The van der Waals surface area contributed by atoms with Crippen LogP contribution in [-0.2, 0) is 14.4 Å². The lowest BCUT2D eigenvalue weighted by molar-refractivity contribution is -0.148. The molecule has 1 unspecified atom stereocenters. The van der Waals surface area contributed by atoms with E-state index < -0.39 is 12.1 Å². The molecule has 6 heteroatoms. The second-order valence-electron chi connectivity index (χ2n) is 3.93. The smallest absolute Gasteiger partial charge is 0.348 e. The van der Waals surface area contributed by atoms with Gasteiger partial charge in [-0.25, -0.2) is 4.79 Å². The SMILES string of the molecule is CC(=O)Nc1ccc(C2=NOC(C(=O)O)C2)cc1. The van der Waals surface area contributed by atoms with Gasteiger partial charge in [0, 0.05) is 19.0 Å². The summed E-state index contributed by atoms with van der Waals surface area (Å²) in [7, 11) is 0. The highest BCUT2D eigenvalue weighted by atomic mass is 16.7. The maximum absolute atomic E-state index is 10.9. The topological polar surface area (TPSA) is 88.0 Å². The molecule has 0 aliphatic carbocycles. The van der Waals surface area contributed by atoms with Gasteiger partial charge in [0.25, 0.3) is 0 Å². The van der Waals surface area contributed by atoms with Gasteiger partial charge in [0.2, 0.25) is 12.0 Å². The minimum absolute atomic E-state index is 0.143. The Morgan fingerprint density at radius 1 is 1.39 bits per heavy atom. The van der Waals surface area contributed by atoms with Gasteiger partial charge in [-0.2, -0.15) is 0 Å². The minimum atomic E-state index is -1.02. The van der Waals surface area contributed by atoms with Gasteiger partial charge in [-0.05, 0) is 17.7 Å². The summed E-state index contributed by atoms with van der Waals surface area (Å²) < 4.78 is 0. The van der Waals surface area contributed by atoms with Gasteiger partial charge in [-0.15, -0.1) is 0 Å². The molecule has 2 rings (SSSR count). The molecule has 0 fully saturated rings. The molecule has 0 aromatic heterocycles. The Labute approximate surface area is 103 Å². The number of rotatable bonds is 3. The van der Waals surface area contributed by atoms with Crippen molar-refractivity contribution in [3.63, 3.8) is 0 Å². The van der Waals surface area contributed by atoms with Gasteiger partial charge in [-0.3, -0.25) is 4.79 Å². The predicted molar refractivity (Wildman–Crippen MR) is 64.4 cm³/mol. The number of hydrogen-bond donors (Lipinski definition) is 2. The first-order valence-corrected chi connectivity index (χ1v) is 5.40. The number of carboxylic acid groups (broad SMARTS) is 1. The van der Waals surface area contributed by atoms with Crippen LogP contribution in [0.25, 0.3) is 0 Å². The second-order valence-corrected chi connectivity index (χ2v) is 3.93. The van der Waals surface area contributed by atoms with E-state index in [2.05, 4.69) is 10.5 Å². The summed E-state index contributed by atoms with van der Waals surface area (Å²) in [5, 5.41) is 15.2. The number of hydrogen-bond acceptors (Lipinski definition) is 4. The molecule has 0 bridgehead atoms. The molecule has 0 spiro atoms. The summed E-state index contributed by atoms with van der Waals surface area (Å²) in [5.74, 6) is -1.17. The van der Waals surface area contributed by atoms with Gasteiger partial charge in [0.05, 0.1) is 5.71 Å². The van der Waals surface area contributed by atoms with Crippen LogP contribution in [0.5, 0.6) is 0 Å². The Bertz CT molecular complexity index is 507. The monoisotopic (exact) mass is 248 g/mol. The molecule has 1 aromatic rings. The summed E-state index contributed by atoms with van der Waals surface area (Å²) in [5.41, 5.74) is 2.06. The van der Waals surface area contributed by atoms with E-state index in [1.54, 1.807) is 24.3 Å². The maximum Gasteiger partial charge on any atom is 0.348 e. The fourth-order valence-corrected chi connectivity index (χ4v) is 1.63. The molecule has 1 atom stereocenters. The Morgan fingerprint density at radius 3 is 2.56 bits per heavy atom. The summed E-state index contributed by atoms with van der Waals surface area (Å²) in [6.07, 6.45) is -0.663. The molecule has 1 aliphatic heterocycles. The zero-order valence-corrected chi connectivity index (χ0v) is 9.71. The molecule has 1 amide bonds. The van der Waals surface area contributed by atoms with E-state index in [4.69, 9.17) is 9.94 Å². The number of benzene rings is 1. The highest BCUT2D eigenvalue weighted by Crippen LogP contribution is 2.18. The van der Waals surface area contributed by atoms with Crippen molar-refractivity contribution in [2.45, 2.75) is 19.4 Å². The number of carbonyl (C=O) groups excluding carboxylic acids is 1. The third-order valence-corrected chi connectivity index (χ3v) is 2.48. The number of anilines is 1. The van der Waals surface area contributed by atoms with Crippen molar-refractivity contribution in [2.75, 3.05) is 5.32 Å². The van der Waals surface area contributed by atoms with Gasteiger partial charge >= 0.3 is 5.97 Å². The van der Waals surface area contributed by atoms with E-state index in [1.165, 1.54) is 6.92 Å². The van der Waals surface area contributed by atoms with Crippen molar-refractivity contribution in [3.05, 3.63) is 29.8 Å². The first-order valence-electron chi connectivity index (χ1n) is 5.40. The van der Waals surface area contributed by atoms with Crippen molar-refractivity contribution < 1.29 is 19.5 Å². The number of aliphatic carboxylic acids is 1. The Balaban J connectivity index is 2.07. The van der Waals surface area contributed by atoms with Crippen LogP contribution in [0.3, 0.4) is 0 Å². The molecule has 94 valence electrons. The van der Waals surface area contributed by atoms with Crippen LogP contribution in [0.2, 0.25) is 0 Å². The van der Waals surface area contributed by atoms with Gasteiger partial charge in [0.15, 0.2) is 0 Å². The van der Waals surface area contributed by atoms with Crippen molar-refractivity contribution in [3.8, 4) is 0 Å². The Hall–Kier alpha value is -2.37. The largest absolute Gasteiger partial charge is 0.478 e. The molecule has 1 aromatic carbocycles. The minimum Gasteiger partial charge on any atom is -0.478 e. The van der Waals surface area contributed by atoms with Crippen LogP contribution in [-0.4, -0.2) is 28.8 Å². The summed E-state index contributed by atoms with van der Waals surface area (Å²) in [6.45, 7) is 1.43. The second kappa shape index (κ2) is 4.87. The predicted octanol–water partition coefficient (Wildman–Crippen LogP) is 1.22. The molecule has 18 heavy (non-hydrogen) atoms. The molecular formula is C12H12N2O4. The maximum atomic E-state index is 10.9. The van der Waals surface area contributed by atoms with Crippen molar-refractivity contribution in [2.24, 2.45) is 5.16 Å². The third-order valence-electron chi connectivity index (χ3n) is 2.48. The number of oxime groups is 1. The number of amides is 1. The van der Waals surface area contributed by atoms with Crippen LogP contribution in [0.4, 0.5) is 5.69 Å². The van der Waals surface area contributed by atoms with E-state index in [1.807, 2.05) is 0 Å². The Morgan fingerprint density at radius 2 is 2.06 bits per heavy atom. The Kier molecular flexibility index (Phi) is 3.27. The van der Waals surface area contributed by atoms with Gasteiger partial charge in [-0.1, -0.05) is 17.3 Å². The molecule has 1 heterocycles. The van der Waals surface area contributed by atoms with Gasteiger partial charge < -0.3 is 15.3 Å². The zero-order chi connectivity index (χ0) is 13.1. The molecule has 6 nitrogen and oxygen atoms in total. The fraction of sp³-hybridized carbons (Fsp3) is 0.250. The number of carbonyl (C=O) groups is 2. The summed E-state index contributed by atoms with van der Waals surface area (Å²) in [4.78, 5) is 26.4. The first kappa shape index (κ1) is 12.1. The van der Waals surface area contributed by atoms with E-state index in [0.717, 1.165) is 5.56 Å². The van der Waals surface area contributed by atoms with Crippen LogP contribution in [0.15, 0.2) is 29.4 Å². The fourth-order valence-electron chi connectivity index (χ4n) is 1.63. The van der Waals surface area contributed by atoms with Crippen LogP contribution in [0, 0.1) is 0 Å². The van der Waals surface area contributed by atoms with Crippen molar-refractivity contribution in [1.82, 2.24) is 0 Å². The third kappa shape index (κ3) is 2.65. The summed E-state index contributed by atoms with van der Waals surface area (Å²) >= 11 is 0. The lowest BCUT2D eigenvalue weighted by atomic mass is 10.0. The van der Waals surface area contributed by atoms with Crippen molar-refractivity contribution >= 4 is 23.3 Å². The van der Waals surface area contributed by atoms with Crippen LogP contribution in [0.1, 0.15) is 18.9 Å². The standard InChI is InChI=1S/C12H12N2O4/c1-7(15)13-9-4-2-8(3-5-9)10-6-11(12(16)17)18-14-10/h2-5,11H,6H2,1H3,(H,13,15)(H,16,17). The van der Waals surface area contributed by atoms with E-state index in [-0.39, 0.29) is 12.3 Å². The average molecular weight is 248 g/mol. The van der Waals surface area contributed by atoms with Crippen LogP contribution >= 0.6 is 0 Å². The molecular weight excluding hydrogens is 236 g/mol. The van der Waals surface area contributed by atoms with E-state index in [9.17, 15) is 9.59 Å². The molecule has 0 saturated carbocycles. The summed E-state index contributed by atoms with van der Waals surface area (Å²) in [6, 6.07) is 6.98. The van der Waals surface area contributed by atoms with E-state index >= 15 is 0 Å². The van der Waals surface area contributed by atoms with Gasteiger partial charge in [0.1, 0.15) is 0 Å². The number of nitrogens with one attached hydrogen (secondary N) is 1. The number of nitrogens with zero attached hydrogens (tertiary/aromatic N) is 1. The molecule has 2 N–H and O–H groups in total. The molecule has 0 saturated heterocycles. The zero-order valence-electron chi connectivity index (χ0n) is 9.71. The first-order chi connectivity index (χ1) is 8.56. The van der Waals surface area contributed by atoms with Crippen molar-refractivity contribution in [1.29, 1.82) is 0 Å². The van der Waals surface area contributed by atoms with Crippen LogP contribution < -0.4 is 5.32 Å². The number of carboxylic acids is 1. The van der Waals surface area contributed by atoms with E-state index in [0.29, 0.717) is 11.4 Å². The molecule has 1 aliphatic rings. The average Bonchev–Trinajstić information content (AvgIpc) is 2.78. The molecule has 0 radical (unpaired) electrons. The normalized spacial score (nSPS) is 17.8.